The summed E-state index contributed by atoms with van der Waals surface area (Å²) in [6.07, 6.45) is 3.35. The smallest absolute Gasteiger partial charge is 0.255 e. The summed E-state index contributed by atoms with van der Waals surface area (Å²) in [6, 6.07) is 7.82. The first-order chi connectivity index (χ1) is 10.3. The summed E-state index contributed by atoms with van der Waals surface area (Å²) >= 11 is 0. The van der Waals surface area contributed by atoms with Crippen molar-refractivity contribution in [3.63, 3.8) is 0 Å². The minimum absolute atomic E-state index is 0. The normalized spacial score (nSPS) is 26.1. The van der Waals surface area contributed by atoms with Crippen LogP contribution in [0.1, 0.15) is 36.5 Å². The Balaban J connectivity index is 0.00000176. The summed E-state index contributed by atoms with van der Waals surface area (Å²) in [6.45, 7) is 6.08. The molecule has 1 N–H and O–H groups in total. The monoisotopic (exact) mass is 324 g/mol. The maximum Gasteiger partial charge on any atom is 0.255 e. The first-order valence-electron chi connectivity index (χ1n) is 8.03. The van der Waals surface area contributed by atoms with E-state index in [4.69, 9.17) is 4.74 Å². The highest BCUT2D eigenvalue weighted by molar-refractivity contribution is 5.97. The van der Waals surface area contributed by atoms with Gasteiger partial charge in [0.05, 0.1) is 12.2 Å². The molecule has 122 valence electrons. The second kappa shape index (κ2) is 7.84. The van der Waals surface area contributed by atoms with Crippen molar-refractivity contribution in [1.29, 1.82) is 0 Å². The van der Waals surface area contributed by atoms with Crippen LogP contribution in [0.4, 0.5) is 0 Å². The number of piperidine rings is 3. The molecule has 3 aliphatic rings. The topological polar surface area (TPSA) is 41.6 Å². The highest BCUT2D eigenvalue weighted by Gasteiger charge is 2.35. The third-order valence-corrected chi connectivity index (χ3v) is 4.57. The van der Waals surface area contributed by atoms with E-state index in [0.717, 1.165) is 13.0 Å². The number of para-hydroxylation sites is 1. The van der Waals surface area contributed by atoms with Crippen LogP contribution < -0.4 is 10.1 Å². The minimum Gasteiger partial charge on any atom is -0.493 e. The van der Waals surface area contributed by atoms with Crippen LogP contribution in [0.25, 0.3) is 0 Å². The predicted octanol–water partition coefficient (Wildman–Crippen LogP) is 2.72. The van der Waals surface area contributed by atoms with Gasteiger partial charge in [0.15, 0.2) is 0 Å². The summed E-state index contributed by atoms with van der Waals surface area (Å²) in [5.41, 5.74) is 0.655. The second-order valence-electron chi connectivity index (χ2n) is 6.06. The molecule has 3 heterocycles. The number of hydrogen-bond acceptors (Lipinski definition) is 3. The van der Waals surface area contributed by atoms with Crippen LogP contribution in [0, 0.1) is 5.92 Å². The molecule has 3 fully saturated rings. The Kier molecular flexibility index (Phi) is 6.09. The highest BCUT2D eigenvalue weighted by Crippen LogP contribution is 2.28. The number of amides is 1. The largest absolute Gasteiger partial charge is 0.493 e. The molecule has 3 saturated heterocycles. The van der Waals surface area contributed by atoms with E-state index in [2.05, 4.69) is 17.1 Å². The van der Waals surface area contributed by atoms with Crippen LogP contribution in [0.3, 0.4) is 0 Å². The van der Waals surface area contributed by atoms with Crippen LogP contribution in [0.15, 0.2) is 24.3 Å². The van der Waals surface area contributed by atoms with Crippen molar-refractivity contribution in [2.45, 2.75) is 32.2 Å². The van der Waals surface area contributed by atoms with Crippen molar-refractivity contribution < 1.29 is 9.53 Å². The Morgan fingerprint density at radius 2 is 2.05 bits per heavy atom. The number of nitrogens with one attached hydrogen (secondary N) is 1. The van der Waals surface area contributed by atoms with E-state index in [1.165, 1.54) is 25.9 Å². The third kappa shape index (κ3) is 3.73. The van der Waals surface area contributed by atoms with Gasteiger partial charge in [-0.3, -0.25) is 4.79 Å². The van der Waals surface area contributed by atoms with E-state index < -0.39 is 0 Å². The molecule has 1 atom stereocenters. The fraction of sp³-hybridized carbons (Fsp3) is 0.588. The summed E-state index contributed by atoms with van der Waals surface area (Å²) < 4.78 is 5.69. The average Bonchev–Trinajstić information content (AvgIpc) is 2.54. The Morgan fingerprint density at radius 3 is 2.68 bits per heavy atom. The second-order valence-corrected chi connectivity index (χ2v) is 6.06. The molecule has 3 aliphatic heterocycles. The lowest BCUT2D eigenvalue weighted by atomic mass is 9.84. The van der Waals surface area contributed by atoms with Crippen molar-refractivity contribution in [3.8, 4) is 5.75 Å². The molecule has 0 aromatic heterocycles. The number of carbonyl (C=O) groups is 1. The van der Waals surface area contributed by atoms with Crippen molar-refractivity contribution in [2.24, 2.45) is 5.92 Å². The number of hydrogen-bond donors (Lipinski definition) is 1. The van der Waals surface area contributed by atoms with E-state index in [1.54, 1.807) is 0 Å². The zero-order chi connectivity index (χ0) is 14.7. The van der Waals surface area contributed by atoms with Gasteiger partial charge in [-0.15, -0.1) is 12.4 Å². The van der Waals surface area contributed by atoms with Gasteiger partial charge in [0.25, 0.3) is 5.91 Å². The Bertz CT molecular complexity index is 501. The number of fused-ring (bicyclic) bond motifs is 3. The fourth-order valence-electron chi connectivity index (χ4n) is 3.37. The molecule has 1 unspecified atom stereocenters. The van der Waals surface area contributed by atoms with Gasteiger partial charge >= 0.3 is 0 Å². The molecule has 1 aromatic carbocycles. The standard InChI is InChI=1S/C17H24N2O2.ClH/c1-2-11-21-16-6-4-3-5-14(16)17(20)18-15-12-19-9-7-13(15)8-10-19;/h3-6,13,15H,2,7-12H2,1H3,(H,18,20);1H. The quantitative estimate of drug-likeness (QED) is 0.905. The molecule has 4 rings (SSSR count). The third-order valence-electron chi connectivity index (χ3n) is 4.57. The number of benzene rings is 1. The predicted molar refractivity (Wildman–Crippen MR) is 89.9 cm³/mol. The molecule has 0 radical (unpaired) electrons. The van der Waals surface area contributed by atoms with Crippen molar-refractivity contribution >= 4 is 18.3 Å². The first kappa shape index (κ1) is 17.1. The highest BCUT2D eigenvalue weighted by atomic mass is 35.5. The van der Waals surface area contributed by atoms with Gasteiger partial charge < -0.3 is 15.0 Å². The van der Waals surface area contributed by atoms with E-state index in [-0.39, 0.29) is 18.3 Å². The van der Waals surface area contributed by atoms with Gasteiger partial charge in [0.1, 0.15) is 5.75 Å². The first-order valence-corrected chi connectivity index (χ1v) is 8.03. The van der Waals surface area contributed by atoms with E-state index >= 15 is 0 Å². The summed E-state index contributed by atoms with van der Waals surface area (Å²) in [7, 11) is 0. The summed E-state index contributed by atoms with van der Waals surface area (Å²) in [4.78, 5) is 15.0. The molecule has 0 spiro atoms. The number of carbonyl (C=O) groups excluding carboxylic acids is 1. The zero-order valence-electron chi connectivity index (χ0n) is 13.1. The SMILES string of the molecule is CCCOc1ccccc1C(=O)NC1CN2CCC1CC2.Cl. The summed E-state index contributed by atoms with van der Waals surface area (Å²) in [5.74, 6) is 1.33. The fourth-order valence-corrected chi connectivity index (χ4v) is 3.37. The molecule has 0 aliphatic carbocycles. The number of nitrogens with zero attached hydrogens (tertiary/aromatic N) is 1. The maximum absolute atomic E-state index is 12.6. The lowest BCUT2D eigenvalue weighted by molar-refractivity contribution is 0.0618. The number of rotatable bonds is 5. The number of halogens is 1. The molecule has 0 saturated carbocycles. The van der Waals surface area contributed by atoms with Crippen LogP contribution in [0.5, 0.6) is 5.75 Å². The minimum atomic E-state index is 0. The lowest BCUT2D eigenvalue weighted by Crippen LogP contribution is -2.57. The van der Waals surface area contributed by atoms with Gasteiger partial charge in [-0.25, -0.2) is 0 Å². The molecule has 1 aromatic rings. The van der Waals surface area contributed by atoms with Gasteiger partial charge in [-0.2, -0.15) is 0 Å². The maximum atomic E-state index is 12.6. The Morgan fingerprint density at radius 1 is 1.32 bits per heavy atom. The molecule has 22 heavy (non-hydrogen) atoms. The van der Waals surface area contributed by atoms with Crippen molar-refractivity contribution in [1.82, 2.24) is 10.2 Å². The van der Waals surface area contributed by atoms with Crippen LogP contribution >= 0.6 is 12.4 Å². The van der Waals surface area contributed by atoms with Gasteiger partial charge in [-0.05, 0) is 50.4 Å². The summed E-state index contributed by atoms with van der Waals surface area (Å²) in [5, 5.41) is 3.22. The molecular formula is C17H25ClN2O2. The molecule has 4 nitrogen and oxygen atoms in total. The van der Waals surface area contributed by atoms with Gasteiger partial charge in [-0.1, -0.05) is 19.1 Å². The van der Waals surface area contributed by atoms with E-state index in [0.29, 0.717) is 29.9 Å². The average molecular weight is 325 g/mol. The Labute approximate surface area is 138 Å². The lowest BCUT2D eigenvalue weighted by Gasteiger charge is -2.44. The van der Waals surface area contributed by atoms with Crippen molar-refractivity contribution in [3.05, 3.63) is 29.8 Å². The van der Waals surface area contributed by atoms with Gasteiger partial charge in [0, 0.05) is 12.6 Å². The molecule has 1 amide bonds. The van der Waals surface area contributed by atoms with Crippen LogP contribution in [0.2, 0.25) is 0 Å². The van der Waals surface area contributed by atoms with E-state index in [9.17, 15) is 4.79 Å². The van der Waals surface area contributed by atoms with E-state index in [1.807, 2.05) is 24.3 Å². The Hall–Kier alpha value is -1.26. The molecule has 2 bridgehead atoms. The van der Waals surface area contributed by atoms with Crippen LogP contribution in [-0.2, 0) is 0 Å². The number of ether oxygens (including phenoxy) is 1. The van der Waals surface area contributed by atoms with Crippen molar-refractivity contribution in [2.75, 3.05) is 26.2 Å². The van der Waals surface area contributed by atoms with Crippen LogP contribution in [-0.4, -0.2) is 43.1 Å². The molecule has 5 heteroatoms. The molecular weight excluding hydrogens is 300 g/mol. The zero-order valence-corrected chi connectivity index (χ0v) is 13.9. The van der Waals surface area contributed by atoms with Gasteiger partial charge in [0.2, 0.25) is 0 Å².